The molecule has 68 valence electrons. The molecule has 0 amide bonds. The zero-order valence-electron chi connectivity index (χ0n) is 7.63. The van der Waals surface area contributed by atoms with Crippen molar-refractivity contribution >= 4 is 5.78 Å². The molecule has 1 aliphatic carbocycles. The fourth-order valence-electron chi connectivity index (χ4n) is 1.97. The Balaban J connectivity index is 2.67. The van der Waals surface area contributed by atoms with Crippen LogP contribution in [0.2, 0.25) is 0 Å². The van der Waals surface area contributed by atoms with Gasteiger partial charge in [-0.3, -0.25) is 4.79 Å². The van der Waals surface area contributed by atoms with Crippen LogP contribution < -0.4 is 0 Å². The van der Waals surface area contributed by atoms with Crippen LogP contribution in [-0.2, 0) is 12.8 Å². The summed E-state index contributed by atoms with van der Waals surface area (Å²) < 4.78 is 0. The average Bonchev–Trinajstić information content (AvgIpc) is 2.49. The average molecular weight is 176 g/mol. The quantitative estimate of drug-likeness (QED) is 0.711. The summed E-state index contributed by atoms with van der Waals surface area (Å²) in [6, 6.07) is 3.55. The molecule has 0 unspecified atom stereocenters. The molecule has 2 heteroatoms. The van der Waals surface area contributed by atoms with E-state index in [0.717, 1.165) is 29.5 Å². The molecule has 2 rings (SSSR count). The van der Waals surface area contributed by atoms with Crippen molar-refractivity contribution in [3.8, 4) is 5.75 Å². The second-order valence-electron chi connectivity index (χ2n) is 3.37. The Labute approximate surface area is 77.2 Å². The maximum Gasteiger partial charge on any atom is 0.163 e. The fraction of sp³-hybridized carbons (Fsp3) is 0.364. The standard InChI is InChI=1S/C11H12O2/c1-2-8-9(12)5-3-7-4-6-10(13)11(7)8/h3,5,12H,2,4,6H2,1H3. The van der Waals surface area contributed by atoms with Gasteiger partial charge in [-0.15, -0.1) is 0 Å². The maximum absolute atomic E-state index is 11.5. The van der Waals surface area contributed by atoms with E-state index in [0.29, 0.717) is 6.42 Å². The molecule has 1 N–H and O–H groups in total. The lowest BCUT2D eigenvalue weighted by atomic mass is 10.00. The molecule has 0 spiro atoms. The van der Waals surface area contributed by atoms with Gasteiger partial charge in [0.15, 0.2) is 5.78 Å². The number of hydrogen-bond donors (Lipinski definition) is 1. The summed E-state index contributed by atoms with van der Waals surface area (Å²) in [5.41, 5.74) is 2.70. The molecule has 13 heavy (non-hydrogen) atoms. The molecular formula is C11H12O2. The molecule has 0 saturated carbocycles. The lowest BCUT2D eigenvalue weighted by molar-refractivity contribution is 0.0993. The van der Waals surface area contributed by atoms with Gasteiger partial charge < -0.3 is 5.11 Å². The number of hydrogen-bond acceptors (Lipinski definition) is 2. The number of fused-ring (bicyclic) bond motifs is 1. The SMILES string of the molecule is CCc1c(O)ccc2c1C(=O)CC2. The molecular weight excluding hydrogens is 164 g/mol. The summed E-state index contributed by atoms with van der Waals surface area (Å²) in [4.78, 5) is 11.5. The third kappa shape index (κ3) is 1.13. The minimum Gasteiger partial charge on any atom is -0.508 e. The molecule has 0 bridgehead atoms. The highest BCUT2D eigenvalue weighted by molar-refractivity contribution is 6.02. The van der Waals surface area contributed by atoms with Crippen LogP contribution in [0.15, 0.2) is 12.1 Å². The van der Waals surface area contributed by atoms with E-state index in [-0.39, 0.29) is 11.5 Å². The Morgan fingerprint density at radius 3 is 2.85 bits per heavy atom. The van der Waals surface area contributed by atoms with Crippen molar-refractivity contribution in [2.24, 2.45) is 0 Å². The van der Waals surface area contributed by atoms with Gasteiger partial charge in [0.1, 0.15) is 5.75 Å². The number of ketones is 1. The van der Waals surface area contributed by atoms with Gasteiger partial charge in [-0.2, -0.15) is 0 Å². The molecule has 0 fully saturated rings. The Morgan fingerprint density at radius 1 is 1.38 bits per heavy atom. The monoisotopic (exact) mass is 176 g/mol. The van der Waals surface area contributed by atoms with Crippen LogP contribution in [0.3, 0.4) is 0 Å². The van der Waals surface area contributed by atoms with E-state index >= 15 is 0 Å². The van der Waals surface area contributed by atoms with Crippen LogP contribution in [0.1, 0.15) is 34.8 Å². The Kier molecular flexibility index (Phi) is 1.83. The second-order valence-corrected chi connectivity index (χ2v) is 3.37. The van der Waals surface area contributed by atoms with Crippen molar-refractivity contribution in [1.29, 1.82) is 0 Å². The molecule has 1 aromatic rings. The van der Waals surface area contributed by atoms with Crippen molar-refractivity contribution < 1.29 is 9.90 Å². The summed E-state index contributed by atoms with van der Waals surface area (Å²) in [5, 5.41) is 9.54. The number of carbonyl (C=O) groups is 1. The lowest BCUT2D eigenvalue weighted by Gasteiger charge is -2.06. The number of benzene rings is 1. The largest absolute Gasteiger partial charge is 0.508 e. The molecule has 1 aliphatic rings. The van der Waals surface area contributed by atoms with E-state index in [1.807, 2.05) is 13.0 Å². The van der Waals surface area contributed by atoms with E-state index in [1.165, 1.54) is 0 Å². The number of Topliss-reactive ketones (excluding diaryl/α,β-unsaturated/α-hetero) is 1. The zero-order chi connectivity index (χ0) is 9.42. The summed E-state index contributed by atoms with van der Waals surface area (Å²) in [7, 11) is 0. The van der Waals surface area contributed by atoms with E-state index in [1.54, 1.807) is 6.07 Å². The highest BCUT2D eigenvalue weighted by Gasteiger charge is 2.23. The molecule has 0 atom stereocenters. The molecule has 0 radical (unpaired) electrons. The van der Waals surface area contributed by atoms with Gasteiger partial charge in [-0.25, -0.2) is 0 Å². The van der Waals surface area contributed by atoms with Crippen molar-refractivity contribution in [3.05, 3.63) is 28.8 Å². The number of phenols is 1. The minimum absolute atomic E-state index is 0.183. The Morgan fingerprint density at radius 2 is 2.15 bits per heavy atom. The van der Waals surface area contributed by atoms with E-state index in [2.05, 4.69) is 0 Å². The Bertz CT molecular complexity index is 367. The summed E-state index contributed by atoms with van der Waals surface area (Å²) in [6.45, 7) is 1.96. The number of phenolic OH excluding ortho intramolecular Hbond substituents is 1. The predicted molar refractivity (Wildman–Crippen MR) is 50.1 cm³/mol. The lowest BCUT2D eigenvalue weighted by Crippen LogP contribution is -1.98. The first-order valence-electron chi connectivity index (χ1n) is 4.61. The van der Waals surface area contributed by atoms with Crippen molar-refractivity contribution in [1.82, 2.24) is 0 Å². The van der Waals surface area contributed by atoms with Crippen LogP contribution in [0.5, 0.6) is 5.75 Å². The van der Waals surface area contributed by atoms with Crippen molar-refractivity contribution in [3.63, 3.8) is 0 Å². The van der Waals surface area contributed by atoms with Gasteiger partial charge in [-0.1, -0.05) is 13.0 Å². The topological polar surface area (TPSA) is 37.3 Å². The molecule has 0 aromatic heterocycles. The van der Waals surface area contributed by atoms with Gasteiger partial charge in [-0.05, 0) is 24.5 Å². The molecule has 0 heterocycles. The van der Waals surface area contributed by atoms with Gasteiger partial charge >= 0.3 is 0 Å². The van der Waals surface area contributed by atoms with E-state index < -0.39 is 0 Å². The summed E-state index contributed by atoms with van der Waals surface area (Å²) >= 11 is 0. The smallest absolute Gasteiger partial charge is 0.163 e. The highest BCUT2D eigenvalue weighted by atomic mass is 16.3. The molecule has 0 aliphatic heterocycles. The highest BCUT2D eigenvalue weighted by Crippen LogP contribution is 2.31. The number of rotatable bonds is 1. The second kappa shape index (κ2) is 2.87. The fourth-order valence-corrected chi connectivity index (χ4v) is 1.97. The summed E-state index contributed by atoms with van der Waals surface area (Å²) in [6.07, 6.45) is 2.16. The zero-order valence-corrected chi connectivity index (χ0v) is 7.63. The predicted octanol–water partition coefficient (Wildman–Crippen LogP) is 2.08. The van der Waals surface area contributed by atoms with Gasteiger partial charge in [0, 0.05) is 17.5 Å². The third-order valence-electron chi connectivity index (χ3n) is 2.63. The van der Waals surface area contributed by atoms with Gasteiger partial charge in [0.05, 0.1) is 0 Å². The normalized spacial score (nSPS) is 14.7. The molecule has 1 aromatic carbocycles. The van der Waals surface area contributed by atoms with E-state index in [4.69, 9.17) is 0 Å². The van der Waals surface area contributed by atoms with Gasteiger partial charge in [0.2, 0.25) is 0 Å². The van der Waals surface area contributed by atoms with Gasteiger partial charge in [0.25, 0.3) is 0 Å². The van der Waals surface area contributed by atoms with Crippen LogP contribution in [0.25, 0.3) is 0 Å². The van der Waals surface area contributed by atoms with Crippen molar-refractivity contribution in [2.45, 2.75) is 26.2 Å². The van der Waals surface area contributed by atoms with Crippen molar-refractivity contribution in [2.75, 3.05) is 0 Å². The third-order valence-corrected chi connectivity index (χ3v) is 2.63. The Hall–Kier alpha value is -1.31. The minimum atomic E-state index is 0.183. The first-order valence-corrected chi connectivity index (χ1v) is 4.61. The van der Waals surface area contributed by atoms with E-state index in [9.17, 15) is 9.90 Å². The number of carbonyl (C=O) groups excluding carboxylic acids is 1. The molecule has 2 nitrogen and oxygen atoms in total. The first-order chi connectivity index (χ1) is 6.24. The number of aromatic hydroxyl groups is 1. The number of aryl methyl sites for hydroxylation is 1. The molecule has 0 saturated heterocycles. The first kappa shape index (κ1) is 8.30. The van der Waals surface area contributed by atoms with Crippen LogP contribution in [-0.4, -0.2) is 10.9 Å². The maximum atomic E-state index is 11.5. The van der Waals surface area contributed by atoms with Crippen LogP contribution in [0, 0.1) is 0 Å². The van der Waals surface area contributed by atoms with Crippen LogP contribution >= 0.6 is 0 Å². The van der Waals surface area contributed by atoms with Crippen LogP contribution in [0.4, 0.5) is 0 Å². The summed E-state index contributed by atoms with van der Waals surface area (Å²) in [5.74, 6) is 0.444.